The summed E-state index contributed by atoms with van der Waals surface area (Å²) in [5.41, 5.74) is 1.13. The van der Waals surface area contributed by atoms with Crippen LogP contribution in [0.4, 0.5) is 5.82 Å². The van der Waals surface area contributed by atoms with Crippen molar-refractivity contribution in [2.24, 2.45) is 0 Å². The minimum absolute atomic E-state index is 0.235. The third kappa shape index (κ3) is 2.46. The lowest BCUT2D eigenvalue weighted by molar-refractivity contribution is 0.101. The zero-order valence-electron chi connectivity index (χ0n) is 10.7. The molecule has 0 aliphatic heterocycles. The summed E-state index contributed by atoms with van der Waals surface area (Å²) in [7, 11) is 0. The first kappa shape index (κ1) is 12.6. The highest BCUT2D eigenvalue weighted by Crippen LogP contribution is 2.25. The summed E-state index contributed by atoms with van der Waals surface area (Å²) in [6.07, 6.45) is 1.63. The summed E-state index contributed by atoms with van der Waals surface area (Å²) >= 11 is 1.53. The van der Waals surface area contributed by atoms with Gasteiger partial charge in [0.15, 0.2) is 11.5 Å². The molecular formula is C14H11N3O2S. The van der Waals surface area contributed by atoms with Crippen molar-refractivity contribution in [3.63, 3.8) is 0 Å². The van der Waals surface area contributed by atoms with E-state index in [2.05, 4.69) is 15.5 Å². The van der Waals surface area contributed by atoms with Crippen LogP contribution < -0.4 is 5.32 Å². The van der Waals surface area contributed by atoms with Crippen LogP contribution in [0.2, 0.25) is 0 Å². The third-order valence-electron chi connectivity index (χ3n) is 2.75. The van der Waals surface area contributed by atoms with Crippen LogP contribution in [-0.4, -0.2) is 16.0 Å². The highest BCUT2D eigenvalue weighted by Gasteiger charge is 2.15. The molecule has 0 aliphatic carbocycles. The van der Waals surface area contributed by atoms with E-state index in [9.17, 15) is 4.79 Å². The molecule has 0 aromatic carbocycles. The van der Waals surface area contributed by atoms with E-state index >= 15 is 0 Å². The fourth-order valence-corrected chi connectivity index (χ4v) is 2.38. The van der Waals surface area contributed by atoms with E-state index in [4.69, 9.17) is 4.52 Å². The Morgan fingerprint density at radius 3 is 3.00 bits per heavy atom. The molecule has 0 spiro atoms. The van der Waals surface area contributed by atoms with Crippen molar-refractivity contribution in [2.45, 2.75) is 6.92 Å². The number of pyridine rings is 1. The smallest absolute Gasteiger partial charge is 0.279 e. The fourth-order valence-electron chi connectivity index (χ4n) is 1.71. The number of carbonyl (C=O) groups is 1. The molecule has 0 bridgehead atoms. The highest BCUT2D eigenvalue weighted by atomic mass is 32.1. The summed E-state index contributed by atoms with van der Waals surface area (Å²) in [5.74, 6) is 0.777. The lowest BCUT2D eigenvalue weighted by Crippen LogP contribution is -2.14. The Kier molecular flexibility index (Phi) is 3.30. The number of nitrogens with one attached hydrogen (secondary N) is 1. The second-order valence-corrected chi connectivity index (χ2v) is 5.12. The van der Waals surface area contributed by atoms with E-state index in [1.165, 1.54) is 11.3 Å². The number of hydrogen-bond acceptors (Lipinski definition) is 5. The van der Waals surface area contributed by atoms with Crippen LogP contribution in [0.1, 0.15) is 16.1 Å². The molecule has 0 atom stereocenters. The number of hydrogen-bond donors (Lipinski definition) is 1. The Balaban J connectivity index is 1.80. The van der Waals surface area contributed by atoms with Crippen molar-refractivity contribution >= 4 is 23.1 Å². The maximum absolute atomic E-state index is 12.1. The monoisotopic (exact) mass is 285 g/mol. The molecule has 1 amide bonds. The van der Waals surface area contributed by atoms with Crippen LogP contribution in [0, 0.1) is 6.92 Å². The Bertz CT molecular complexity index is 734. The molecule has 20 heavy (non-hydrogen) atoms. The number of nitrogens with zero attached hydrogens (tertiary/aromatic N) is 2. The zero-order valence-corrected chi connectivity index (χ0v) is 11.5. The average molecular weight is 285 g/mol. The van der Waals surface area contributed by atoms with Gasteiger partial charge in [0.05, 0.1) is 4.88 Å². The minimum Gasteiger partial charge on any atom is -0.355 e. The number of thiophene rings is 1. The maximum atomic E-state index is 12.1. The van der Waals surface area contributed by atoms with Gasteiger partial charge in [-0.3, -0.25) is 4.79 Å². The van der Waals surface area contributed by atoms with Crippen molar-refractivity contribution < 1.29 is 9.32 Å². The summed E-state index contributed by atoms with van der Waals surface area (Å²) in [4.78, 5) is 17.1. The van der Waals surface area contributed by atoms with Crippen molar-refractivity contribution in [1.29, 1.82) is 0 Å². The molecule has 3 aromatic rings. The normalized spacial score (nSPS) is 10.4. The highest BCUT2D eigenvalue weighted by molar-refractivity contribution is 7.13. The molecule has 5 nitrogen and oxygen atoms in total. The van der Waals surface area contributed by atoms with Gasteiger partial charge in [0.2, 0.25) is 0 Å². The van der Waals surface area contributed by atoms with Crippen LogP contribution in [0.25, 0.3) is 10.6 Å². The SMILES string of the molecule is Cc1cccnc1NC(=O)c1cc(-c2cccs2)on1. The largest absolute Gasteiger partial charge is 0.355 e. The molecule has 0 aliphatic rings. The van der Waals surface area contributed by atoms with E-state index in [1.807, 2.05) is 36.6 Å². The first-order valence-corrected chi connectivity index (χ1v) is 6.85. The van der Waals surface area contributed by atoms with Gasteiger partial charge in [-0.15, -0.1) is 11.3 Å². The predicted molar refractivity (Wildman–Crippen MR) is 76.7 cm³/mol. The van der Waals surface area contributed by atoms with Gasteiger partial charge < -0.3 is 9.84 Å². The number of aromatic nitrogens is 2. The average Bonchev–Trinajstić information content (AvgIpc) is 3.11. The number of aryl methyl sites for hydroxylation is 1. The van der Waals surface area contributed by atoms with E-state index in [1.54, 1.807) is 12.3 Å². The molecule has 0 unspecified atom stereocenters. The number of rotatable bonds is 3. The van der Waals surface area contributed by atoms with Gasteiger partial charge in [-0.05, 0) is 30.0 Å². The fraction of sp³-hybridized carbons (Fsp3) is 0.0714. The van der Waals surface area contributed by atoms with Gasteiger partial charge in [-0.2, -0.15) is 0 Å². The maximum Gasteiger partial charge on any atom is 0.279 e. The van der Waals surface area contributed by atoms with Gasteiger partial charge in [0.1, 0.15) is 5.82 Å². The van der Waals surface area contributed by atoms with E-state index in [-0.39, 0.29) is 11.6 Å². The van der Waals surface area contributed by atoms with Crippen molar-refractivity contribution in [3.8, 4) is 10.6 Å². The molecule has 0 saturated heterocycles. The first-order valence-electron chi connectivity index (χ1n) is 5.97. The Morgan fingerprint density at radius 2 is 2.25 bits per heavy atom. The summed E-state index contributed by atoms with van der Waals surface area (Å²) in [6.45, 7) is 1.88. The number of amides is 1. The van der Waals surface area contributed by atoms with Crippen molar-refractivity contribution in [1.82, 2.24) is 10.1 Å². The van der Waals surface area contributed by atoms with Gasteiger partial charge in [0, 0.05) is 12.3 Å². The molecular weight excluding hydrogens is 274 g/mol. The summed E-state index contributed by atoms with van der Waals surface area (Å²) < 4.78 is 5.18. The van der Waals surface area contributed by atoms with Gasteiger partial charge >= 0.3 is 0 Å². The number of anilines is 1. The predicted octanol–water partition coefficient (Wildman–Crippen LogP) is 3.36. The van der Waals surface area contributed by atoms with Crippen LogP contribution in [0.3, 0.4) is 0 Å². The Hall–Kier alpha value is -2.47. The molecule has 0 radical (unpaired) electrons. The molecule has 3 heterocycles. The van der Waals surface area contributed by atoms with Crippen LogP contribution in [0.5, 0.6) is 0 Å². The van der Waals surface area contributed by atoms with Gasteiger partial charge in [0.25, 0.3) is 5.91 Å². The van der Waals surface area contributed by atoms with Crippen molar-refractivity contribution in [2.75, 3.05) is 5.32 Å². The van der Waals surface area contributed by atoms with Crippen LogP contribution in [-0.2, 0) is 0 Å². The number of carbonyl (C=O) groups excluding carboxylic acids is 1. The van der Waals surface area contributed by atoms with E-state index in [0.29, 0.717) is 11.6 Å². The van der Waals surface area contributed by atoms with Gasteiger partial charge in [-0.1, -0.05) is 17.3 Å². The van der Waals surface area contributed by atoms with Crippen molar-refractivity contribution in [3.05, 3.63) is 53.2 Å². The summed E-state index contributed by atoms with van der Waals surface area (Å²) in [6, 6.07) is 9.15. The Morgan fingerprint density at radius 1 is 1.35 bits per heavy atom. The standard InChI is InChI=1S/C14H11N3O2S/c1-9-4-2-6-15-13(9)16-14(18)10-8-11(19-17-10)12-5-3-7-20-12/h2-8H,1H3,(H,15,16,18). The van der Waals surface area contributed by atoms with Crippen LogP contribution >= 0.6 is 11.3 Å². The zero-order chi connectivity index (χ0) is 13.9. The molecule has 3 rings (SSSR count). The van der Waals surface area contributed by atoms with E-state index in [0.717, 1.165) is 10.4 Å². The van der Waals surface area contributed by atoms with Gasteiger partial charge in [-0.25, -0.2) is 4.98 Å². The molecule has 0 saturated carbocycles. The summed E-state index contributed by atoms with van der Waals surface area (Å²) in [5, 5.41) is 8.45. The second-order valence-electron chi connectivity index (χ2n) is 4.18. The Labute approximate surface area is 119 Å². The van der Waals surface area contributed by atoms with Crippen LogP contribution in [0.15, 0.2) is 46.4 Å². The quantitative estimate of drug-likeness (QED) is 0.801. The molecule has 1 N–H and O–H groups in total. The third-order valence-corrected chi connectivity index (χ3v) is 3.63. The molecule has 3 aromatic heterocycles. The topological polar surface area (TPSA) is 68.0 Å². The molecule has 100 valence electrons. The first-order chi connectivity index (χ1) is 9.74. The van der Waals surface area contributed by atoms with E-state index < -0.39 is 0 Å². The second kappa shape index (κ2) is 5.26. The lowest BCUT2D eigenvalue weighted by atomic mass is 10.2. The molecule has 0 fully saturated rings. The lowest BCUT2D eigenvalue weighted by Gasteiger charge is -2.04. The molecule has 6 heteroatoms. The minimum atomic E-state index is -0.335.